The smallest absolute Gasteiger partial charge is 0.276 e. The molecule has 5 heteroatoms. The minimum absolute atomic E-state index is 0.00639. The Morgan fingerprint density at radius 3 is 2.62 bits per heavy atom. The molecule has 0 saturated carbocycles. The van der Waals surface area contributed by atoms with Gasteiger partial charge in [0.1, 0.15) is 0 Å². The fraction of sp³-hybridized carbons (Fsp3) is 0.455. The van der Waals surface area contributed by atoms with Crippen LogP contribution in [0.3, 0.4) is 0 Å². The van der Waals surface area contributed by atoms with Gasteiger partial charge in [-0.1, -0.05) is 0 Å². The van der Waals surface area contributed by atoms with Crippen molar-refractivity contribution in [3.63, 3.8) is 0 Å². The Bertz CT molecular complexity index is 400. The van der Waals surface area contributed by atoms with Gasteiger partial charge < -0.3 is 10.0 Å². The highest BCUT2D eigenvalue weighted by atomic mass is 16.6. The molecule has 1 fully saturated rings. The van der Waals surface area contributed by atoms with E-state index in [1.165, 1.54) is 0 Å². The third-order valence-corrected chi connectivity index (χ3v) is 2.91. The molecule has 16 heavy (non-hydrogen) atoms. The number of nitrogens with zero attached hydrogens (tertiary/aromatic N) is 2. The van der Waals surface area contributed by atoms with E-state index in [0.717, 1.165) is 31.6 Å². The van der Waals surface area contributed by atoms with Crippen LogP contribution in [0.1, 0.15) is 18.4 Å². The molecule has 0 unspecified atom stereocenters. The van der Waals surface area contributed by atoms with E-state index < -0.39 is 4.92 Å². The first-order chi connectivity index (χ1) is 7.72. The van der Waals surface area contributed by atoms with Crippen molar-refractivity contribution in [2.75, 3.05) is 18.0 Å². The standard InChI is InChI=1S/C11H14N2O3/c14-8-9-3-4-10(7-11(9)13(15)16)12-5-1-2-6-12/h3-4,7,14H,1-2,5-6,8H2. The van der Waals surface area contributed by atoms with E-state index in [1.807, 2.05) is 6.07 Å². The maximum atomic E-state index is 10.8. The van der Waals surface area contributed by atoms with Gasteiger partial charge in [-0.15, -0.1) is 0 Å². The first kappa shape index (κ1) is 10.9. The van der Waals surface area contributed by atoms with Crippen molar-refractivity contribution in [1.29, 1.82) is 0 Å². The predicted octanol–water partition coefficient (Wildman–Crippen LogP) is 1.69. The zero-order chi connectivity index (χ0) is 11.5. The highest BCUT2D eigenvalue weighted by molar-refractivity contribution is 5.57. The Kier molecular flexibility index (Phi) is 3.05. The van der Waals surface area contributed by atoms with Crippen LogP contribution in [-0.2, 0) is 6.61 Å². The number of nitro groups is 1. The first-order valence-corrected chi connectivity index (χ1v) is 5.35. The van der Waals surface area contributed by atoms with Crippen molar-refractivity contribution in [2.24, 2.45) is 0 Å². The summed E-state index contributed by atoms with van der Waals surface area (Å²) in [5.41, 5.74) is 1.25. The highest BCUT2D eigenvalue weighted by Gasteiger charge is 2.18. The molecule has 1 N–H and O–H groups in total. The third-order valence-electron chi connectivity index (χ3n) is 2.91. The maximum Gasteiger partial charge on any atom is 0.276 e. The molecule has 5 nitrogen and oxygen atoms in total. The van der Waals surface area contributed by atoms with Gasteiger partial charge in [-0.2, -0.15) is 0 Å². The Morgan fingerprint density at radius 2 is 2.06 bits per heavy atom. The SMILES string of the molecule is O=[N+]([O-])c1cc(N2CCCC2)ccc1CO. The number of hydrogen-bond acceptors (Lipinski definition) is 4. The van der Waals surface area contributed by atoms with E-state index in [-0.39, 0.29) is 12.3 Å². The second kappa shape index (κ2) is 4.49. The summed E-state index contributed by atoms with van der Waals surface area (Å²) in [6, 6.07) is 5.02. The fourth-order valence-electron chi connectivity index (χ4n) is 2.03. The summed E-state index contributed by atoms with van der Waals surface area (Å²) in [4.78, 5) is 12.5. The minimum atomic E-state index is -0.439. The van der Waals surface area contributed by atoms with Crippen LogP contribution in [0.15, 0.2) is 18.2 Å². The van der Waals surface area contributed by atoms with E-state index in [4.69, 9.17) is 5.11 Å². The van der Waals surface area contributed by atoms with E-state index in [2.05, 4.69) is 4.90 Å². The molecule has 1 heterocycles. The number of aliphatic hydroxyl groups excluding tert-OH is 1. The number of rotatable bonds is 3. The first-order valence-electron chi connectivity index (χ1n) is 5.35. The molecule has 1 aliphatic heterocycles. The molecular weight excluding hydrogens is 208 g/mol. The van der Waals surface area contributed by atoms with Crippen LogP contribution in [0.25, 0.3) is 0 Å². The van der Waals surface area contributed by atoms with Crippen LogP contribution >= 0.6 is 0 Å². The van der Waals surface area contributed by atoms with E-state index in [0.29, 0.717) is 5.56 Å². The van der Waals surface area contributed by atoms with Crippen molar-refractivity contribution >= 4 is 11.4 Å². The molecule has 2 rings (SSSR count). The Labute approximate surface area is 93.5 Å². The van der Waals surface area contributed by atoms with Crippen molar-refractivity contribution in [3.05, 3.63) is 33.9 Å². The molecule has 1 saturated heterocycles. The summed E-state index contributed by atoms with van der Waals surface area (Å²) in [5, 5.41) is 19.8. The number of aliphatic hydroxyl groups is 1. The molecule has 0 aromatic heterocycles. The molecular formula is C11H14N2O3. The van der Waals surface area contributed by atoms with Gasteiger partial charge in [-0.25, -0.2) is 0 Å². The van der Waals surface area contributed by atoms with Gasteiger partial charge in [0.15, 0.2) is 0 Å². The fourth-order valence-corrected chi connectivity index (χ4v) is 2.03. The van der Waals surface area contributed by atoms with Gasteiger partial charge >= 0.3 is 0 Å². The van der Waals surface area contributed by atoms with Crippen LogP contribution in [0, 0.1) is 10.1 Å². The second-order valence-electron chi connectivity index (χ2n) is 3.92. The van der Waals surface area contributed by atoms with Crippen LogP contribution in [0.2, 0.25) is 0 Å². The number of hydrogen-bond donors (Lipinski definition) is 1. The van der Waals surface area contributed by atoms with Crippen LogP contribution in [-0.4, -0.2) is 23.1 Å². The second-order valence-corrected chi connectivity index (χ2v) is 3.92. The monoisotopic (exact) mass is 222 g/mol. The summed E-state index contributed by atoms with van der Waals surface area (Å²) < 4.78 is 0. The predicted molar refractivity (Wildman–Crippen MR) is 60.5 cm³/mol. The lowest BCUT2D eigenvalue weighted by Crippen LogP contribution is -2.17. The normalized spacial score (nSPS) is 15.4. The topological polar surface area (TPSA) is 66.6 Å². The average Bonchev–Trinajstić information content (AvgIpc) is 2.81. The van der Waals surface area contributed by atoms with E-state index in [1.54, 1.807) is 12.1 Å². The summed E-state index contributed by atoms with van der Waals surface area (Å²) in [6.07, 6.45) is 2.27. The molecule has 1 aromatic carbocycles. The lowest BCUT2D eigenvalue weighted by atomic mass is 10.1. The van der Waals surface area contributed by atoms with Crippen molar-refractivity contribution in [2.45, 2.75) is 19.4 Å². The van der Waals surface area contributed by atoms with E-state index >= 15 is 0 Å². The van der Waals surface area contributed by atoms with Crippen molar-refractivity contribution in [1.82, 2.24) is 0 Å². The van der Waals surface area contributed by atoms with Gasteiger partial charge in [0, 0.05) is 24.8 Å². The van der Waals surface area contributed by atoms with Crippen molar-refractivity contribution < 1.29 is 10.0 Å². The Morgan fingerprint density at radius 1 is 1.38 bits per heavy atom. The van der Waals surface area contributed by atoms with Gasteiger partial charge in [0.05, 0.1) is 17.1 Å². The summed E-state index contributed by atoms with van der Waals surface area (Å²) in [5.74, 6) is 0. The lowest BCUT2D eigenvalue weighted by Gasteiger charge is -2.17. The van der Waals surface area contributed by atoms with Crippen molar-refractivity contribution in [3.8, 4) is 0 Å². The third kappa shape index (κ3) is 1.99. The molecule has 0 bridgehead atoms. The molecule has 1 aromatic rings. The lowest BCUT2D eigenvalue weighted by molar-refractivity contribution is -0.385. The Balaban J connectivity index is 2.34. The molecule has 0 amide bonds. The highest BCUT2D eigenvalue weighted by Crippen LogP contribution is 2.27. The summed E-state index contributed by atoms with van der Waals surface area (Å²) >= 11 is 0. The van der Waals surface area contributed by atoms with Gasteiger partial charge in [0.25, 0.3) is 5.69 Å². The number of anilines is 1. The quantitative estimate of drug-likeness (QED) is 0.624. The summed E-state index contributed by atoms with van der Waals surface area (Å²) in [7, 11) is 0. The average molecular weight is 222 g/mol. The minimum Gasteiger partial charge on any atom is -0.391 e. The molecule has 86 valence electrons. The molecule has 0 spiro atoms. The molecule has 0 atom stereocenters. The zero-order valence-corrected chi connectivity index (χ0v) is 8.93. The van der Waals surface area contributed by atoms with E-state index in [9.17, 15) is 10.1 Å². The Hall–Kier alpha value is -1.62. The molecule has 1 aliphatic rings. The van der Waals surface area contributed by atoms with Gasteiger partial charge in [0.2, 0.25) is 0 Å². The van der Waals surface area contributed by atoms with Gasteiger partial charge in [-0.3, -0.25) is 10.1 Å². The van der Waals surface area contributed by atoms with Crippen LogP contribution in [0.4, 0.5) is 11.4 Å². The van der Waals surface area contributed by atoms with Gasteiger partial charge in [-0.05, 0) is 25.0 Å². The molecule has 0 aliphatic carbocycles. The zero-order valence-electron chi connectivity index (χ0n) is 8.93. The molecule has 0 radical (unpaired) electrons. The van der Waals surface area contributed by atoms with Crippen LogP contribution in [0.5, 0.6) is 0 Å². The maximum absolute atomic E-state index is 10.8. The number of benzene rings is 1. The summed E-state index contributed by atoms with van der Waals surface area (Å²) in [6.45, 7) is 1.61. The largest absolute Gasteiger partial charge is 0.391 e. The van der Waals surface area contributed by atoms with Crippen LogP contribution < -0.4 is 4.90 Å². The number of nitro benzene ring substituents is 1.